The molecule has 0 atom stereocenters. The monoisotopic (exact) mass is 267 g/mol. The van der Waals surface area contributed by atoms with Crippen LogP contribution in [-0.2, 0) is 0 Å². The van der Waals surface area contributed by atoms with Crippen molar-refractivity contribution in [1.29, 1.82) is 0 Å². The molecule has 0 fully saturated rings. The van der Waals surface area contributed by atoms with Gasteiger partial charge in [-0.3, -0.25) is 15.1 Å². The van der Waals surface area contributed by atoms with Crippen LogP contribution in [0.2, 0.25) is 0 Å². The lowest BCUT2D eigenvalue weighted by molar-refractivity contribution is -0.383. The summed E-state index contributed by atoms with van der Waals surface area (Å²) in [5.41, 5.74) is 6.11. The second kappa shape index (κ2) is 4.54. The molecule has 20 heavy (non-hydrogen) atoms. The zero-order chi connectivity index (χ0) is 14.1. The van der Waals surface area contributed by atoms with Crippen LogP contribution in [0.3, 0.4) is 0 Å². The van der Waals surface area contributed by atoms with E-state index in [1.807, 2.05) is 12.1 Å². The zero-order valence-electron chi connectivity index (χ0n) is 10.2. The second-order valence-electron chi connectivity index (χ2n) is 4.12. The maximum Gasteiger partial charge on any atom is 0.337 e. The Kier molecular flexibility index (Phi) is 2.72. The van der Waals surface area contributed by atoms with Gasteiger partial charge in [0, 0.05) is 23.3 Å². The largest absolute Gasteiger partial charge is 0.378 e. The number of hydrogen-bond acceptors (Lipinski definition) is 6. The molecule has 2 heterocycles. The molecule has 98 valence electrons. The lowest BCUT2D eigenvalue weighted by Gasteiger charge is -2.06. The molecular formula is C13H9N5O2. The third kappa shape index (κ3) is 1.81. The molecule has 2 N–H and O–H groups in total. The summed E-state index contributed by atoms with van der Waals surface area (Å²) in [6, 6.07) is 7.28. The zero-order valence-corrected chi connectivity index (χ0v) is 10.2. The molecule has 0 saturated heterocycles. The molecule has 0 aliphatic rings. The van der Waals surface area contributed by atoms with Crippen molar-refractivity contribution in [1.82, 2.24) is 15.0 Å². The van der Waals surface area contributed by atoms with E-state index in [1.165, 1.54) is 6.33 Å². The molecule has 0 aliphatic carbocycles. The number of benzene rings is 1. The highest BCUT2D eigenvalue weighted by molar-refractivity contribution is 5.97. The molecule has 0 unspecified atom stereocenters. The molecule has 2 aromatic heterocycles. The highest BCUT2D eigenvalue weighted by Crippen LogP contribution is 2.34. The van der Waals surface area contributed by atoms with E-state index < -0.39 is 4.92 Å². The van der Waals surface area contributed by atoms with Gasteiger partial charge < -0.3 is 5.73 Å². The van der Waals surface area contributed by atoms with Crippen LogP contribution in [0.15, 0.2) is 43.0 Å². The van der Waals surface area contributed by atoms with Gasteiger partial charge in [0.15, 0.2) is 5.69 Å². The number of nitrogens with two attached hydrogens (primary N) is 1. The van der Waals surface area contributed by atoms with E-state index in [2.05, 4.69) is 15.0 Å². The minimum Gasteiger partial charge on any atom is -0.378 e. The molecule has 0 amide bonds. The van der Waals surface area contributed by atoms with Crippen molar-refractivity contribution in [3.8, 4) is 11.3 Å². The predicted octanol–water partition coefficient (Wildman–Crippen LogP) is 2.18. The second-order valence-corrected chi connectivity index (χ2v) is 4.12. The number of nitrogens with zero attached hydrogens (tertiary/aromatic N) is 4. The maximum absolute atomic E-state index is 11.2. The van der Waals surface area contributed by atoms with Crippen molar-refractivity contribution in [2.45, 2.75) is 0 Å². The molecule has 3 rings (SSSR count). The summed E-state index contributed by atoms with van der Waals surface area (Å²) in [7, 11) is 0. The van der Waals surface area contributed by atoms with Crippen LogP contribution >= 0.6 is 0 Å². The first-order valence-corrected chi connectivity index (χ1v) is 5.76. The van der Waals surface area contributed by atoms with Gasteiger partial charge in [-0.1, -0.05) is 18.2 Å². The summed E-state index contributed by atoms with van der Waals surface area (Å²) < 4.78 is 0. The van der Waals surface area contributed by atoms with Gasteiger partial charge in [0.2, 0.25) is 5.82 Å². The van der Waals surface area contributed by atoms with Crippen LogP contribution in [0.1, 0.15) is 0 Å². The Morgan fingerprint density at radius 2 is 2.05 bits per heavy atom. The van der Waals surface area contributed by atoms with E-state index in [1.54, 1.807) is 24.5 Å². The molecule has 0 saturated carbocycles. The van der Waals surface area contributed by atoms with Gasteiger partial charge in [0.1, 0.15) is 6.33 Å². The van der Waals surface area contributed by atoms with Gasteiger partial charge in [-0.15, -0.1) is 0 Å². The summed E-state index contributed by atoms with van der Waals surface area (Å²) in [6.07, 6.45) is 4.52. The summed E-state index contributed by atoms with van der Waals surface area (Å²) in [5, 5.41) is 12.9. The van der Waals surface area contributed by atoms with E-state index in [-0.39, 0.29) is 17.2 Å². The first-order chi connectivity index (χ1) is 9.68. The van der Waals surface area contributed by atoms with Gasteiger partial charge in [0.05, 0.1) is 4.92 Å². The van der Waals surface area contributed by atoms with Crippen LogP contribution in [0.4, 0.5) is 11.5 Å². The van der Waals surface area contributed by atoms with Crippen LogP contribution in [0, 0.1) is 10.1 Å². The van der Waals surface area contributed by atoms with Gasteiger partial charge in [-0.2, -0.15) is 0 Å². The van der Waals surface area contributed by atoms with Gasteiger partial charge in [-0.05, 0) is 11.5 Å². The van der Waals surface area contributed by atoms with Crippen LogP contribution in [0.5, 0.6) is 0 Å². The fraction of sp³-hybridized carbons (Fsp3) is 0. The Labute approximate surface area is 113 Å². The van der Waals surface area contributed by atoms with Crippen LogP contribution < -0.4 is 5.73 Å². The normalized spacial score (nSPS) is 10.6. The lowest BCUT2D eigenvalue weighted by atomic mass is 10.0. The van der Waals surface area contributed by atoms with Gasteiger partial charge in [-0.25, -0.2) is 9.97 Å². The van der Waals surface area contributed by atoms with Crippen LogP contribution in [0.25, 0.3) is 22.0 Å². The summed E-state index contributed by atoms with van der Waals surface area (Å²) in [4.78, 5) is 22.4. The van der Waals surface area contributed by atoms with Gasteiger partial charge >= 0.3 is 5.69 Å². The third-order valence-electron chi connectivity index (χ3n) is 2.97. The molecule has 7 nitrogen and oxygen atoms in total. The third-order valence-corrected chi connectivity index (χ3v) is 2.97. The lowest BCUT2D eigenvalue weighted by Crippen LogP contribution is -2.02. The highest BCUT2D eigenvalue weighted by atomic mass is 16.6. The predicted molar refractivity (Wildman–Crippen MR) is 73.8 cm³/mol. The maximum atomic E-state index is 11.2. The Hall–Kier alpha value is -3.09. The standard InChI is InChI=1S/C13H9N5O2/c14-13-12(18(19)20)11(16-7-17-13)9-3-1-2-8-4-5-15-6-10(8)9/h1-7H,(H2,14,16,17). The van der Waals surface area contributed by atoms with Crippen LogP contribution in [-0.4, -0.2) is 19.9 Å². The minimum absolute atomic E-state index is 0.152. The molecule has 3 aromatic rings. The number of aromatic nitrogens is 3. The quantitative estimate of drug-likeness (QED) is 0.563. The van der Waals surface area contributed by atoms with E-state index in [0.29, 0.717) is 5.56 Å². The number of pyridine rings is 1. The summed E-state index contributed by atoms with van der Waals surface area (Å²) in [5.74, 6) is -0.152. The summed E-state index contributed by atoms with van der Waals surface area (Å²) in [6.45, 7) is 0. The number of anilines is 1. The van der Waals surface area contributed by atoms with Crippen molar-refractivity contribution in [2.75, 3.05) is 5.73 Å². The smallest absolute Gasteiger partial charge is 0.337 e. The van der Waals surface area contributed by atoms with E-state index in [0.717, 1.165) is 10.8 Å². The number of hydrogen-bond donors (Lipinski definition) is 1. The fourth-order valence-electron chi connectivity index (χ4n) is 2.09. The SMILES string of the molecule is Nc1ncnc(-c2cccc3ccncc23)c1[N+](=O)[O-]. The molecule has 7 heteroatoms. The van der Waals surface area contributed by atoms with E-state index in [9.17, 15) is 10.1 Å². The molecule has 0 aliphatic heterocycles. The van der Waals surface area contributed by atoms with Crippen molar-refractivity contribution < 1.29 is 4.92 Å². The Morgan fingerprint density at radius 3 is 2.85 bits per heavy atom. The number of nitrogen functional groups attached to an aromatic ring is 1. The average molecular weight is 267 g/mol. The topological polar surface area (TPSA) is 108 Å². The Bertz CT molecular complexity index is 813. The number of fused-ring (bicyclic) bond motifs is 1. The molecule has 1 aromatic carbocycles. The number of nitro groups is 1. The highest BCUT2D eigenvalue weighted by Gasteiger charge is 2.23. The molecule has 0 bridgehead atoms. The Balaban J connectivity index is 2.37. The van der Waals surface area contributed by atoms with Gasteiger partial charge in [0.25, 0.3) is 0 Å². The van der Waals surface area contributed by atoms with Crippen molar-refractivity contribution in [2.24, 2.45) is 0 Å². The molecule has 0 radical (unpaired) electrons. The number of rotatable bonds is 2. The van der Waals surface area contributed by atoms with Crippen molar-refractivity contribution in [3.05, 3.63) is 53.1 Å². The Morgan fingerprint density at radius 1 is 1.20 bits per heavy atom. The van der Waals surface area contributed by atoms with Crippen molar-refractivity contribution >= 4 is 22.3 Å². The molecule has 0 spiro atoms. The first-order valence-electron chi connectivity index (χ1n) is 5.76. The first kappa shape index (κ1) is 12.0. The minimum atomic E-state index is -0.570. The summed E-state index contributed by atoms with van der Waals surface area (Å²) >= 11 is 0. The van der Waals surface area contributed by atoms with E-state index >= 15 is 0 Å². The van der Waals surface area contributed by atoms with Crippen molar-refractivity contribution in [3.63, 3.8) is 0 Å². The van der Waals surface area contributed by atoms with E-state index in [4.69, 9.17) is 5.73 Å². The average Bonchev–Trinajstić information content (AvgIpc) is 2.46. The molecular weight excluding hydrogens is 258 g/mol. The fourth-order valence-corrected chi connectivity index (χ4v) is 2.09.